The molecule has 1 aliphatic rings. The summed E-state index contributed by atoms with van der Waals surface area (Å²) in [7, 11) is 0. The molecule has 0 bridgehead atoms. The Morgan fingerprint density at radius 3 is 2.53 bits per heavy atom. The molecule has 5 heteroatoms. The van der Waals surface area contributed by atoms with Crippen molar-refractivity contribution in [3.05, 3.63) is 58.4 Å². The van der Waals surface area contributed by atoms with Crippen LogP contribution in [0.2, 0.25) is 5.02 Å². The van der Waals surface area contributed by atoms with E-state index < -0.39 is 5.82 Å². The number of rotatable bonds is 2. The van der Waals surface area contributed by atoms with Gasteiger partial charge in [0.25, 0.3) is 0 Å². The van der Waals surface area contributed by atoms with Crippen molar-refractivity contribution in [3.8, 4) is 11.5 Å². The lowest BCUT2D eigenvalue weighted by atomic mass is 10.0. The van der Waals surface area contributed by atoms with Crippen LogP contribution in [0.25, 0.3) is 0 Å². The van der Waals surface area contributed by atoms with E-state index in [2.05, 4.69) is 0 Å². The first kappa shape index (κ1) is 12.0. The van der Waals surface area contributed by atoms with Crippen molar-refractivity contribution in [2.24, 2.45) is 0 Å². The van der Waals surface area contributed by atoms with E-state index in [0.29, 0.717) is 22.6 Å². The lowest BCUT2D eigenvalue weighted by Gasteiger charge is -2.04. The fourth-order valence-corrected chi connectivity index (χ4v) is 2.02. The highest BCUT2D eigenvalue weighted by atomic mass is 35.5. The molecule has 0 spiro atoms. The number of fused-ring (bicyclic) bond motifs is 1. The zero-order chi connectivity index (χ0) is 13.4. The van der Waals surface area contributed by atoms with Crippen molar-refractivity contribution in [2.45, 2.75) is 0 Å². The molecule has 2 aromatic carbocycles. The van der Waals surface area contributed by atoms with Crippen LogP contribution in [0.15, 0.2) is 36.4 Å². The Labute approximate surface area is 113 Å². The minimum absolute atomic E-state index is 0.0772. The first-order valence-corrected chi connectivity index (χ1v) is 5.92. The number of benzene rings is 2. The lowest BCUT2D eigenvalue weighted by Crippen LogP contribution is -2.01. The van der Waals surface area contributed by atoms with Crippen LogP contribution in [0.3, 0.4) is 0 Å². The summed E-state index contributed by atoms with van der Waals surface area (Å²) < 4.78 is 23.4. The van der Waals surface area contributed by atoms with Crippen molar-refractivity contribution in [1.29, 1.82) is 0 Å². The van der Waals surface area contributed by atoms with E-state index in [1.807, 2.05) is 0 Å². The lowest BCUT2D eigenvalue weighted by molar-refractivity contribution is 0.103. The van der Waals surface area contributed by atoms with E-state index in [1.54, 1.807) is 18.2 Å². The van der Waals surface area contributed by atoms with E-state index in [4.69, 9.17) is 21.1 Å². The molecular formula is C14H8ClFO3. The van der Waals surface area contributed by atoms with Gasteiger partial charge in [0.1, 0.15) is 5.82 Å². The normalized spacial score (nSPS) is 12.5. The molecule has 96 valence electrons. The molecule has 0 unspecified atom stereocenters. The minimum atomic E-state index is -0.552. The van der Waals surface area contributed by atoms with Gasteiger partial charge in [-0.3, -0.25) is 4.79 Å². The quantitative estimate of drug-likeness (QED) is 0.790. The predicted octanol–water partition coefficient (Wildman–Crippen LogP) is 3.44. The number of ether oxygens (including phenoxy) is 2. The molecular weight excluding hydrogens is 271 g/mol. The van der Waals surface area contributed by atoms with Gasteiger partial charge in [-0.15, -0.1) is 0 Å². The molecule has 2 aromatic rings. The maximum atomic E-state index is 13.1. The minimum Gasteiger partial charge on any atom is -0.454 e. The average Bonchev–Trinajstić information content (AvgIpc) is 2.88. The highest BCUT2D eigenvalue weighted by molar-refractivity contribution is 6.31. The molecule has 0 aromatic heterocycles. The molecule has 0 aliphatic carbocycles. The molecule has 1 aliphatic heterocycles. The first-order valence-electron chi connectivity index (χ1n) is 5.54. The second-order valence-corrected chi connectivity index (χ2v) is 4.43. The molecule has 3 nitrogen and oxygen atoms in total. The largest absolute Gasteiger partial charge is 0.454 e. The van der Waals surface area contributed by atoms with E-state index >= 15 is 0 Å². The van der Waals surface area contributed by atoms with Crippen LogP contribution in [0.5, 0.6) is 11.5 Å². The summed E-state index contributed by atoms with van der Waals surface area (Å²) in [5.41, 5.74) is 0.761. The third kappa shape index (κ3) is 2.15. The van der Waals surface area contributed by atoms with Gasteiger partial charge in [0, 0.05) is 11.1 Å². The van der Waals surface area contributed by atoms with Crippen LogP contribution in [-0.2, 0) is 0 Å². The molecule has 0 amide bonds. The van der Waals surface area contributed by atoms with Gasteiger partial charge in [0.15, 0.2) is 17.3 Å². The van der Waals surface area contributed by atoms with Crippen LogP contribution in [0.4, 0.5) is 4.39 Å². The fourth-order valence-electron chi connectivity index (χ4n) is 1.84. The van der Waals surface area contributed by atoms with E-state index in [0.717, 1.165) is 0 Å². The second kappa shape index (κ2) is 4.55. The Morgan fingerprint density at radius 1 is 1.05 bits per heavy atom. The highest BCUT2D eigenvalue weighted by Crippen LogP contribution is 2.33. The molecule has 0 saturated heterocycles. The molecule has 0 fully saturated rings. The fraction of sp³-hybridized carbons (Fsp3) is 0.0714. The number of hydrogen-bond acceptors (Lipinski definition) is 3. The van der Waals surface area contributed by atoms with Gasteiger partial charge in [0.2, 0.25) is 6.79 Å². The number of halogens is 2. The molecule has 0 N–H and O–H groups in total. The van der Waals surface area contributed by atoms with Gasteiger partial charge >= 0.3 is 0 Å². The third-order valence-electron chi connectivity index (χ3n) is 2.82. The number of hydrogen-bond donors (Lipinski definition) is 0. The van der Waals surface area contributed by atoms with E-state index in [-0.39, 0.29) is 17.6 Å². The maximum Gasteiger partial charge on any atom is 0.231 e. The highest BCUT2D eigenvalue weighted by Gasteiger charge is 2.17. The van der Waals surface area contributed by atoms with Crippen LogP contribution < -0.4 is 9.47 Å². The predicted molar refractivity (Wildman–Crippen MR) is 67.4 cm³/mol. The summed E-state index contributed by atoms with van der Waals surface area (Å²) in [6.45, 7) is 0.148. The zero-order valence-electron chi connectivity index (χ0n) is 9.65. The average molecular weight is 279 g/mol. The number of carbonyl (C=O) groups is 1. The summed E-state index contributed by atoms with van der Waals surface area (Å²) in [4.78, 5) is 12.2. The summed E-state index contributed by atoms with van der Waals surface area (Å²) >= 11 is 5.67. The van der Waals surface area contributed by atoms with Gasteiger partial charge in [0.05, 0.1) is 5.02 Å². The van der Waals surface area contributed by atoms with E-state index in [1.165, 1.54) is 18.2 Å². The Bertz CT molecular complexity index is 670. The monoisotopic (exact) mass is 278 g/mol. The summed E-state index contributed by atoms with van der Waals surface area (Å²) in [6.07, 6.45) is 0. The Morgan fingerprint density at radius 2 is 1.74 bits per heavy atom. The van der Waals surface area contributed by atoms with Gasteiger partial charge in [-0.1, -0.05) is 11.6 Å². The number of carbonyl (C=O) groups excluding carboxylic acids is 1. The van der Waals surface area contributed by atoms with Crippen LogP contribution in [0.1, 0.15) is 15.9 Å². The Balaban J connectivity index is 1.97. The summed E-state index contributed by atoms with van der Waals surface area (Å²) in [5, 5.41) is -0.0772. The second-order valence-electron chi connectivity index (χ2n) is 4.03. The SMILES string of the molecule is O=C(c1ccc(F)c(Cl)c1)c1ccc2c(c1)OCO2. The van der Waals surface area contributed by atoms with Gasteiger partial charge < -0.3 is 9.47 Å². The van der Waals surface area contributed by atoms with Crippen LogP contribution in [-0.4, -0.2) is 12.6 Å². The van der Waals surface area contributed by atoms with E-state index in [9.17, 15) is 9.18 Å². The van der Waals surface area contributed by atoms with Crippen molar-refractivity contribution < 1.29 is 18.7 Å². The molecule has 1 heterocycles. The van der Waals surface area contributed by atoms with Crippen molar-refractivity contribution >= 4 is 17.4 Å². The molecule has 19 heavy (non-hydrogen) atoms. The van der Waals surface area contributed by atoms with Crippen molar-refractivity contribution in [1.82, 2.24) is 0 Å². The standard InChI is InChI=1S/C14H8ClFO3/c15-10-5-8(1-3-11(10)16)14(17)9-2-4-12-13(6-9)19-7-18-12/h1-6H,7H2. The number of ketones is 1. The van der Waals surface area contributed by atoms with Gasteiger partial charge in [-0.2, -0.15) is 0 Å². The first-order chi connectivity index (χ1) is 9.15. The summed E-state index contributed by atoms with van der Waals surface area (Å²) in [6, 6.07) is 8.77. The summed E-state index contributed by atoms with van der Waals surface area (Å²) in [5.74, 6) is 0.330. The molecule has 3 rings (SSSR count). The maximum absolute atomic E-state index is 13.1. The Hall–Kier alpha value is -2.07. The molecule has 0 atom stereocenters. The molecule has 0 radical (unpaired) electrons. The van der Waals surface area contributed by atoms with Gasteiger partial charge in [-0.25, -0.2) is 4.39 Å². The molecule has 0 saturated carbocycles. The van der Waals surface area contributed by atoms with Crippen LogP contribution in [0, 0.1) is 5.82 Å². The topological polar surface area (TPSA) is 35.5 Å². The van der Waals surface area contributed by atoms with Crippen molar-refractivity contribution in [3.63, 3.8) is 0 Å². The third-order valence-corrected chi connectivity index (χ3v) is 3.11. The van der Waals surface area contributed by atoms with Crippen molar-refractivity contribution in [2.75, 3.05) is 6.79 Å². The smallest absolute Gasteiger partial charge is 0.231 e. The van der Waals surface area contributed by atoms with Gasteiger partial charge in [-0.05, 0) is 36.4 Å². The Kier molecular flexibility index (Phi) is 2.87. The van der Waals surface area contributed by atoms with Crippen LogP contribution >= 0.6 is 11.6 Å². The zero-order valence-corrected chi connectivity index (χ0v) is 10.4.